The van der Waals surface area contributed by atoms with Gasteiger partial charge in [-0.1, -0.05) is 17.7 Å². The van der Waals surface area contributed by atoms with Crippen LogP contribution in [-0.4, -0.2) is 22.1 Å². The van der Waals surface area contributed by atoms with E-state index in [1.54, 1.807) is 6.20 Å². The number of carbonyl (C=O) groups is 1. The molecular weight excluding hydrogens is 264 g/mol. The maximum absolute atomic E-state index is 11.8. The van der Waals surface area contributed by atoms with Gasteiger partial charge in [0.1, 0.15) is 5.82 Å². The van der Waals surface area contributed by atoms with E-state index in [0.717, 1.165) is 30.0 Å². The van der Waals surface area contributed by atoms with Gasteiger partial charge < -0.3 is 15.2 Å². The van der Waals surface area contributed by atoms with Gasteiger partial charge in [-0.2, -0.15) is 0 Å². The van der Waals surface area contributed by atoms with Crippen LogP contribution in [0.1, 0.15) is 23.4 Å². The van der Waals surface area contributed by atoms with E-state index >= 15 is 0 Å². The first-order valence-electron chi connectivity index (χ1n) is 7.16. The summed E-state index contributed by atoms with van der Waals surface area (Å²) in [5, 5.41) is 5.74. The number of hydrogen-bond acceptors (Lipinski definition) is 2. The van der Waals surface area contributed by atoms with Crippen LogP contribution >= 0.6 is 0 Å². The number of benzene rings is 1. The number of hydrogen-bond donors (Lipinski definition) is 2. The van der Waals surface area contributed by atoms with E-state index in [-0.39, 0.29) is 6.03 Å². The molecule has 1 aromatic heterocycles. The van der Waals surface area contributed by atoms with E-state index in [1.165, 1.54) is 5.56 Å². The fourth-order valence-electron chi connectivity index (χ4n) is 2.21. The van der Waals surface area contributed by atoms with E-state index in [1.807, 2.05) is 39.1 Å². The Labute approximate surface area is 125 Å². The zero-order valence-corrected chi connectivity index (χ0v) is 12.8. The van der Waals surface area contributed by atoms with Crippen LogP contribution in [0, 0.1) is 20.8 Å². The van der Waals surface area contributed by atoms with Gasteiger partial charge in [0.25, 0.3) is 0 Å². The van der Waals surface area contributed by atoms with Crippen molar-refractivity contribution >= 4 is 11.7 Å². The third-order valence-corrected chi connectivity index (χ3v) is 3.42. The quantitative estimate of drug-likeness (QED) is 0.830. The molecular formula is C16H22N4O. The molecule has 0 radical (unpaired) electrons. The van der Waals surface area contributed by atoms with Crippen molar-refractivity contribution in [1.82, 2.24) is 14.9 Å². The largest absolute Gasteiger partial charge is 0.338 e. The molecule has 0 aliphatic rings. The number of amides is 2. The lowest BCUT2D eigenvalue weighted by Crippen LogP contribution is -2.30. The molecule has 0 fully saturated rings. The molecule has 21 heavy (non-hydrogen) atoms. The van der Waals surface area contributed by atoms with Gasteiger partial charge in [-0.05, 0) is 38.8 Å². The molecule has 5 nitrogen and oxygen atoms in total. The van der Waals surface area contributed by atoms with Gasteiger partial charge in [0, 0.05) is 31.2 Å². The molecule has 0 spiro atoms. The van der Waals surface area contributed by atoms with Crippen molar-refractivity contribution in [3.63, 3.8) is 0 Å². The fourth-order valence-corrected chi connectivity index (χ4v) is 2.21. The van der Waals surface area contributed by atoms with Crippen LogP contribution < -0.4 is 10.6 Å². The van der Waals surface area contributed by atoms with Crippen molar-refractivity contribution in [2.75, 3.05) is 11.9 Å². The highest BCUT2D eigenvalue weighted by Gasteiger charge is 2.04. The lowest BCUT2D eigenvalue weighted by molar-refractivity contribution is 0.252. The number of anilines is 1. The molecule has 2 aromatic rings. The van der Waals surface area contributed by atoms with Crippen molar-refractivity contribution in [3.05, 3.63) is 47.5 Å². The number of imidazole rings is 1. The molecule has 0 saturated heterocycles. The molecule has 0 atom stereocenters. The number of aryl methyl sites for hydroxylation is 4. The first-order valence-corrected chi connectivity index (χ1v) is 7.16. The second kappa shape index (κ2) is 6.92. The minimum atomic E-state index is -0.163. The molecule has 2 amide bonds. The summed E-state index contributed by atoms with van der Waals surface area (Å²) < 4.78 is 2.07. The highest BCUT2D eigenvalue weighted by Crippen LogP contribution is 2.15. The van der Waals surface area contributed by atoms with Crippen LogP contribution in [0.2, 0.25) is 0 Å². The summed E-state index contributed by atoms with van der Waals surface area (Å²) in [5.74, 6) is 0.995. The summed E-state index contributed by atoms with van der Waals surface area (Å²) in [6.07, 6.45) is 4.61. The summed E-state index contributed by atoms with van der Waals surface area (Å²) in [4.78, 5) is 16.0. The summed E-state index contributed by atoms with van der Waals surface area (Å²) in [6.45, 7) is 7.49. The van der Waals surface area contributed by atoms with E-state index in [9.17, 15) is 4.79 Å². The molecule has 2 rings (SSSR count). The Hall–Kier alpha value is -2.30. The Balaban J connectivity index is 1.73. The number of urea groups is 1. The van der Waals surface area contributed by atoms with Crippen LogP contribution in [0.4, 0.5) is 10.5 Å². The lowest BCUT2D eigenvalue weighted by atomic mass is 10.1. The van der Waals surface area contributed by atoms with E-state index in [0.29, 0.717) is 6.54 Å². The van der Waals surface area contributed by atoms with Gasteiger partial charge in [-0.25, -0.2) is 9.78 Å². The second-order valence-corrected chi connectivity index (χ2v) is 5.22. The normalized spacial score (nSPS) is 10.4. The van der Waals surface area contributed by atoms with Crippen molar-refractivity contribution in [2.45, 2.75) is 33.7 Å². The lowest BCUT2D eigenvalue weighted by Gasteiger charge is -2.11. The predicted octanol–water partition coefficient (Wildman–Crippen LogP) is 3.02. The molecule has 1 aromatic carbocycles. The molecule has 0 aliphatic heterocycles. The molecule has 112 valence electrons. The van der Waals surface area contributed by atoms with Crippen LogP contribution in [0.25, 0.3) is 0 Å². The molecule has 2 N–H and O–H groups in total. The van der Waals surface area contributed by atoms with Crippen molar-refractivity contribution in [2.24, 2.45) is 0 Å². The number of aromatic nitrogens is 2. The Morgan fingerprint density at radius 1 is 1.29 bits per heavy atom. The average molecular weight is 286 g/mol. The Morgan fingerprint density at radius 3 is 2.76 bits per heavy atom. The van der Waals surface area contributed by atoms with Gasteiger partial charge in [0.05, 0.1) is 0 Å². The van der Waals surface area contributed by atoms with Crippen molar-refractivity contribution in [1.29, 1.82) is 0 Å². The summed E-state index contributed by atoms with van der Waals surface area (Å²) in [7, 11) is 0. The molecule has 0 bridgehead atoms. The topological polar surface area (TPSA) is 59.0 Å². The fraction of sp³-hybridized carbons (Fsp3) is 0.375. The van der Waals surface area contributed by atoms with Crippen LogP contribution in [0.3, 0.4) is 0 Å². The van der Waals surface area contributed by atoms with E-state index in [4.69, 9.17) is 0 Å². The van der Waals surface area contributed by atoms with Gasteiger partial charge in [-0.15, -0.1) is 0 Å². The maximum Gasteiger partial charge on any atom is 0.319 e. The number of carbonyl (C=O) groups excluding carboxylic acids is 1. The SMILES string of the molecule is Cc1ccc(NC(=O)NCCCn2ccnc2C)c(C)c1. The van der Waals surface area contributed by atoms with Gasteiger partial charge in [-0.3, -0.25) is 0 Å². The first-order chi connectivity index (χ1) is 10.1. The second-order valence-electron chi connectivity index (χ2n) is 5.22. The van der Waals surface area contributed by atoms with Crippen LogP contribution in [0.15, 0.2) is 30.6 Å². The van der Waals surface area contributed by atoms with Gasteiger partial charge in [0.2, 0.25) is 0 Å². The van der Waals surface area contributed by atoms with Crippen molar-refractivity contribution in [3.8, 4) is 0 Å². The van der Waals surface area contributed by atoms with Gasteiger partial charge in [0.15, 0.2) is 0 Å². The standard InChI is InChI=1S/C16H22N4O/c1-12-5-6-15(13(2)11-12)19-16(21)18-7-4-9-20-10-8-17-14(20)3/h5-6,8,10-11H,4,7,9H2,1-3H3,(H2,18,19,21). The first kappa shape index (κ1) is 15.1. The smallest absolute Gasteiger partial charge is 0.319 e. The zero-order valence-electron chi connectivity index (χ0n) is 12.8. The number of nitrogens with zero attached hydrogens (tertiary/aromatic N) is 2. The number of nitrogens with one attached hydrogen (secondary N) is 2. The Kier molecular flexibility index (Phi) is 4.98. The van der Waals surface area contributed by atoms with E-state index < -0.39 is 0 Å². The Bertz CT molecular complexity index is 618. The highest BCUT2D eigenvalue weighted by molar-refractivity contribution is 5.90. The molecule has 1 heterocycles. The third-order valence-electron chi connectivity index (χ3n) is 3.42. The van der Waals surface area contributed by atoms with Crippen molar-refractivity contribution < 1.29 is 4.79 Å². The monoisotopic (exact) mass is 286 g/mol. The van der Waals surface area contributed by atoms with Crippen LogP contribution in [0.5, 0.6) is 0 Å². The molecule has 0 saturated carbocycles. The average Bonchev–Trinajstić information content (AvgIpc) is 2.84. The summed E-state index contributed by atoms with van der Waals surface area (Å²) >= 11 is 0. The summed E-state index contributed by atoms with van der Waals surface area (Å²) in [5.41, 5.74) is 3.11. The minimum Gasteiger partial charge on any atom is -0.338 e. The highest BCUT2D eigenvalue weighted by atomic mass is 16.2. The van der Waals surface area contributed by atoms with Crippen LogP contribution in [-0.2, 0) is 6.54 Å². The molecule has 0 unspecified atom stereocenters. The van der Waals surface area contributed by atoms with E-state index in [2.05, 4.69) is 26.3 Å². The third kappa shape index (κ3) is 4.34. The maximum atomic E-state index is 11.8. The molecule has 5 heteroatoms. The van der Waals surface area contributed by atoms with Gasteiger partial charge >= 0.3 is 6.03 Å². The summed E-state index contributed by atoms with van der Waals surface area (Å²) in [6, 6.07) is 5.81. The zero-order chi connectivity index (χ0) is 15.2. The minimum absolute atomic E-state index is 0.163. The predicted molar refractivity (Wildman–Crippen MR) is 84.5 cm³/mol. The Morgan fingerprint density at radius 2 is 2.10 bits per heavy atom. The number of rotatable bonds is 5. The molecule has 0 aliphatic carbocycles.